The fraction of sp³-hybridized carbons (Fsp3) is 0.474. The maximum atomic E-state index is 13.0. The zero-order valence-corrected chi connectivity index (χ0v) is 14.6. The molecule has 1 aliphatic rings. The van der Waals surface area contributed by atoms with E-state index in [2.05, 4.69) is 0 Å². The van der Waals surface area contributed by atoms with Gasteiger partial charge in [0.05, 0.1) is 10.9 Å². The summed E-state index contributed by atoms with van der Waals surface area (Å²) in [5.41, 5.74) is 7.23. The molecule has 5 nitrogen and oxygen atoms in total. The zero-order valence-electron chi connectivity index (χ0n) is 14.6. The molecule has 0 bridgehead atoms. The number of nitrogens with two attached hydrogens (primary N) is 1. The van der Waals surface area contributed by atoms with E-state index >= 15 is 0 Å². The topological polar surface area (TPSA) is 68.3 Å². The molecule has 128 valence electrons. The maximum Gasteiger partial charge on any atom is 0.259 e. The van der Waals surface area contributed by atoms with E-state index in [9.17, 15) is 9.59 Å². The third kappa shape index (κ3) is 2.68. The van der Waals surface area contributed by atoms with Crippen molar-refractivity contribution < 1.29 is 4.79 Å². The standard InChI is InChI=1S/C19H25N3O2/c1-12(2)22-11-14(19(24)21-10-5-4-7-13(21)3)18(23)17-15(20)8-6-9-16(17)22/h6,8-9,11-13H,4-5,7,10,20H2,1-3H3. The monoisotopic (exact) mass is 327 g/mol. The Morgan fingerprint density at radius 3 is 2.71 bits per heavy atom. The highest BCUT2D eigenvalue weighted by Crippen LogP contribution is 2.23. The van der Waals surface area contributed by atoms with Crippen LogP contribution in [0.25, 0.3) is 10.9 Å². The summed E-state index contributed by atoms with van der Waals surface area (Å²) in [6.45, 7) is 6.83. The summed E-state index contributed by atoms with van der Waals surface area (Å²) in [6.07, 6.45) is 4.81. The number of hydrogen-bond donors (Lipinski definition) is 1. The number of hydrogen-bond acceptors (Lipinski definition) is 3. The van der Waals surface area contributed by atoms with Crippen molar-refractivity contribution in [1.82, 2.24) is 9.47 Å². The molecule has 1 atom stereocenters. The Labute approximate surface area is 142 Å². The first-order valence-electron chi connectivity index (χ1n) is 8.66. The highest BCUT2D eigenvalue weighted by Gasteiger charge is 2.27. The van der Waals surface area contributed by atoms with Crippen LogP contribution in [0.15, 0.2) is 29.2 Å². The lowest BCUT2D eigenvalue weighted by molar-refractivity contribution is 0.0633. The summed E-state index contributed by atoms with van der Waals surface area (Å²) in [4.78, 5) is 27.8. The highest BCUT2D eigenvalue weighted by molar-refractivity contribution is 6.00. The second-order valence-corrected chi connectivity index (χ2v) is 6.96. The number of anilines is 1. The van der Waals surface area contributed by atoms with E-state index in [0.29, 0.717) is 17.6 Å². The van der Waals surface area contributed by atoms with Gasteiger partial charge in [-0.3, -0.25) is 9.59 Å². The molecule has 1 unspecified atom stereocenters. The predicted octanol–water partition coefficient (Wildman–Crippen LogP) is 3.18. The number of fused-ring (bicyclic) bond motifs is 1. The average molecular weight is 327 g/mol. The number of benzene rings is 1. The molecular weight excluding hydrogens is 302 g/mol. The molecule has 24 heavy (non-hydrogen) atoms. The molecule has 2 heterocycles. The van der Waals surface area contributed by atoms with Gasteiger partial charge >= 0.3 is 0 Å². The van der Waals surface area contributed by atoms with E-state index in [1.165, 1.54) is 0 Å². The normalized spacial score (nSPS) is 18.3. The number of amides is 1. The fourth-order valence-electron chi connectivity index (χ4n) is 3.56. The van der Waals surface area contributed by atoms with Gasteiger partial charge in [0.1, 0.15) is 5.56 Å². The lowest BCUT2D eigenvalue weighted by Gasteiger charge is -2.33. The van der Waals surface area contributed by atoms with Gasteiger partial charge in [-0.2, -0.15) is 0 Å². The molecule has 2 N–H and O–H groups in total. The number of piperidine rings is 1. The molecule has 0 radical (unpaired) electrons. The summed E-state index contributed by atoms with van der Waals surface area (Å²) < 4.78 is 1.97. The second kappa shape index (κ2) is 6.30. The number of rotatable bonds is 2. The van der Waals surface area contributed by atoms with E-state index < -0.39 is 0 Å². The van der Waals surface area contributed by atoms with Crippen LogP contribution in [0.1, 0.15) is 56.4 Å². The van der Waals surface area contributed by atoms with Gasteiger partial charge in [0.25, 0.3) is 5.91 Å². The van der Waals surface area contributed by atoms with E-state index in [4.69, 9.17) is 5.73 Å². The van der Waals surface area contributed by atoms with Crippen LogP contribution < -0.4 is 11.2 Å². The van der Waals surface area contributed by atoms with E-state index in [0.717, 1.165) is 24.8 Å². The summed E-state index contributed by atoms with van der Waals surface area (Å²) in [5.74, 6) is -0.174. The zero-order chi connectivity index (χ0) is 17.4. The lowest BCUT2D eigenvalue weighted by Crippen LogP contribution is -2.43. The number of likely N-dealkylation sites (tertiary alicyclic amines) is 1. The molecular formula is C19H25N3O2. The first-order chi connectivity index (χ1) is 11.4. The number of nitrogen functional groups attached to an aromatic ring is 1. The van der Waals surface area contributed by atoms with Crippen molar-refractivity contribution in [2.45, 2.75) is 52.1 Å². The molecule has 1 aromatic heterocycles. The predicted molar refractivity (Wildman–Crippen MR) is 97.4 cm³/mol. The van der Waals surface area contributed by atoms with Crippen molar-refractivity contribution in [2.75, 3.05) is 12.3 Å². The Kier molecular flexibility index (Phi) is 4.35. The summed E-state index contributed by atoms with van der Waals surface area (Å²) in [5, 5.41) is 0.446. The SMILES string of the molecule is CC1CCCCN1C(=O)c1cn(C(C)C)c2cccc(N)c2c1=O. The van der Waals surface area contributed by atoms with E-state index in [-0.39, 0.29) is 29.0 Å². The minimum absolute atomic E-state index is 0.125. The Morgan fingerprint density at radius 1 is 1.29 bits per heavy atom. The number of carbonyl (C=O) groups excluding carboxylic acids is 1. The lowest BCUT2D eigenvalue weighted by atomic mass is 10.0. The van der Waals surface area contributed by atoms with Crippen molar-refractivity contribution in [3.8, 4) is 0 Å². The van der Waals surface area contributed by atoms with Crippen molar-refractivity contribution in [3.63, 3.8) is 0 Å². The van der Waals surface area contributed by atoms with Gasteiger partial charge < -0.3 is 15.2 Å². The number of carbonyl (C=O) groups is 1. The summed E-state index contributed by atoms with van der Waals surface area (Å²) >= 11 is 0. The molecule has 5 heteroatoms. The Bertz CT molecular complexity index is 838. The minimum Gasteiger partial charge on any atom is -0.398 e. The quantitative estimate of drug-likeness (QED) is 0.861. The Morgan fingerprint density at radius 2 is 2.04 bits per heavy atom. The largest absolute Gasteiger partial charge is 0.398 e. The summed E-state index contributed by atoms with van der Waals surface area (Å²) in [6, 6.07) is 5.73. The van der Waals surface area contributed by atoms with Crippen molar-refractivity contribution >= 4 is 22.5 Å². The molecule has 0 spiro atoms. The number of nitrogens with zero attached hydrogens (tertiary/aromatic N) is 2. The van der Waals surface area contributed by atoms with Crippen LogP contribution in [0.2, 0.25) is 0 Å². The second-order valence-electron chi connectivity index (χ2n) is 6.96. The molecule has 1 saturated heterocycles. The Hall–Kier alpha value is -2.30. The summed E-state index contributed by atoms with van der Waals surface area (Å²) in [7, 11) is 0. The fourth-order valence-corrected chi connectivity index (χ4v) is 3.56. The molecule has 3 rings (SSSR count). The van der Waals surface area contributed by atoms with Crippen molar-refractivity contribution in [1.29, 1.82) is 0 Å². The van der Waals surface area contributed by atoms with Crippen LogP contribution in [0, 0.1) is 0 Å². The van der Waals surface area contributed by atoms with E-state index in [1.807, 2.05) is 42.4 Å². The molecule has 1 aliphatic heterocycles. The molecule has 1 amide bonds. The number of aromatic nitrogens is 1. The van der Waals surface area contributed by atoms with Crippen molar-refractivity contribution in [3.05, 3.63) is 40.2 Å². The molecule has 0 saturated carbocycles. The van der Waals surface area contributed by atoms with Crippen LogP contribution in [-0.4, -0.2) is 28.0 Å². The van der Waals surface area contributed by atoms with Gasteiger partial charge in [0.2, 0.25) is 5.43 Å². The average Bonchev–Trinajstić information content (AvgIpc) is 2.54. The molecule has 1 fully saturated rings. The van der Waals surface area contributed by atoms with Crippen LogP contribution in [0.5, 0.6) is 0 Å². The molecule has 1 aromatic carbocycles. The smallest absolute Gasteiger partial charge is 0.259 e. The van der Waals surface area contributed by atoms with Crippen LogP contribution >= 0.6 is 0 Å². The van der Waals surface area contributed by atoms with Crippen molar-refractivity contribution in [2.24, 2.45) is 0 Å². The van der Waals surface area contributed by atoms with Gasteiger partial charge in [-0.05, 0) is 52.2 Å². The van der Waals surface area contributed by atoms with Gasteiger partial charge in [-0.1, -0.05) is 6.07 Å². The third-order valence-electron chi connectivity index (χ3n) is 4.94. The Balaban J connectivity index is 2.21. The maximum absolute atomic E-state index is 13.0. The van der Waals surface area contributed by atoms with Gasteiger partial charge in [-0.25, -0.2) is 0 Å². The third-order valence-corrected chi connectivity index (χ3v) is 4.94. The van der Waals surface area contributed by atoms with E-state index in [1.54, 1.807) is 12.3 Å². The van der Waals surface area contributed by atoms with Gasteiger partial charge in [0.15, 0.2) is 0 Å². The highest BCUT2D eigenvalue weighted by atomic mass is 16.2. The first kappa shape index (κ1) is 16.6. The van der Waals surface area contributed by atoms with Gasteiger partial charge in [-0.15, -0.1) is 0 Å². The van der Waals surface area contributed by atoms with Gasteiger partial charge in [0, 0.05) is 30.5 Å². The van der Waals surface area contributed by atoms with Crippen LogP contribution in [-0.2, 0) is 0 Å². The van der Waals surface area contributed by atoms with Crippen LogP contribution in [0.4, 0.5) is 5.69 Å². The minimum atomic E-state index is -0.261. The molecule has 2 aromatic rings. The molecule has 0 aliphatic carbocycles. The first-order valence-corrected chi connectivity index (χ1v) is 8.66. The number of pyridine rings is 1. The van der Waals surface area contributed by atoms with Crippen LogP contribution in [0.3, 0.4) is 0 Å².